The summed E-state index contributed by atoms with van der Waals surface area (Å²) in [7, 11) is 0. The number of nitrogens with one attached hydrogen (secondary N) is 4. The molecule has 5 N–H and O–H groups in total. The highest BCUT2D eigenvalue weighted by atomic mass is 16.3. The van der Waals surface area contributed by atoms with Crippen LogP contribution in [0.1, 0.15) is 33.6 Å². The predicted octanol–water partition coefficient (Wildman–Crippen LogP) is 4.72. The Hall–Kier alpha value is -3.48. The molecule has 154 valence electrons. The van der Waals surface area contributed by atoms with Crippen LogP contribution < -0.4 is 21.5 Å². The van der Waals surface area contributed by atoms with Gasteiger partial charge >= 0.3 is 0 Å². The Balaban J connectivity index is 2.00. The number of phenolic OH excluding ortho intramolecular Hbond substituents is 1. The monoisotopic (exact) mass is 396 g/mol. The molecular weight excluding hydrogens is 368 g/mol. The van der Waals surface area contributed by atoms with Crippen molar-refractivity contribution in [3.05, 3.63) is 54.6 Å². The summed E-state index contributed by atoms with van der Waals surface area (Å²) in [5, 5.41) is 15.6. The zero-order chi connectivity index (χ0) is 21.2. The van der Waals surface area contributed by atoms with E-state index in [1.165, 1.54) is 13.0 Å². The molecule has 0 heterocycles. The molecule has 0 bridgehead atoms. The number of carbonyl (C=O) groups is 2. The van der Waals surface area contributed by atoms with Gasteiger partial charge in [-0.3, -0.25) is 15.0 Å². The third-order valence-electron chi connectivity index (χ3n) is 4.17. The Morgan fingerprint density at radius 3 is 2.38 bits per heavy atom. The lowest BCUT2D eigenvalue weighted by Gasteiger charge is -2.15. The standard InChI is InChI=1S/C22H28N4O3/c1-4-6-8-16(5-2)22(29)24-17-9-7-10-19(13-17)25-26-20-12-11-18(14-21(20)28)23-15(3)27/h6-14,16,25-26,28H,4-5H2,1-3H3,(H,23,27)(H,24,29)/b8-6-. The molecule has 7 nitrogen and oxygen atoms in total. The fraction of sp³-hybridized carbons (Fsp3) is 0.273. The van der Waals surface area contributed by atoms with Gasteiger partial charge in [-0.2, -0.15) is 0 Å². The smallest absolute Gasteiger partial charge is 0.231 e. The molecule has 7 heteroatoms. The fourth-order valence-electron chi connectivity index (χ4n) is 2.68. The Morgan fingerprint density at radius 1 is 1.00 bits per heavy atom. The summed E-state index contributed by atoms with van der Waals surface area (Å²) in [5.74, 6) is -0.434. The van der Waals surface area contributed by atoms with Gasteiger partial charge in [0, 0.05) is 24.4 Å². The Morgan fingerprint density at radius 2 is 1.72 bits per heavy atom. The molecule has 0 aliphatic rings. The third kappa shape index (κ3) is 6.88. The van der Waals surface area contributed by atoms with Crippen molar-refractivity contribution in [3.63, 3.8) is 0 Å². The van der Waals surface area contributed by atoms with E-state index in [-0.39, 0.29) is 23.5 Å². The van der Waals surface area contributed by atoms with Crippen molar-refractivity contribution in [2.75, 3.05) is 21.5 Å². The first-order valence-electron chi connectivity index (χ1n) is 9.63. The van der Waals surface area contributed by atoms with Crippen LogP contribution in [0.2, 0.25) is 0 Å². The highest BCUT2D eigenvalue weighted by molar-refractivity contribution is 5.94. The third-order valence-corrected chi connectivity index (χ3v) is 4.17. The number of hydrazine groups is 1. The zero-order valence-corrected chi connectivity index (χ0v) is 17.0. The lowest BCUT2D eigenvalue weighted by atomic mass is 10.0. The number of allylic oxidation sites excluding steroid dienone is 1. The number of amides is 2. The second kappa shape index (κ2) is 10.8. The topological polar surface area (TPSA) is 102 Å². The number of hydrogen-bond donors (Lipinski definition) is 5. The first-order valence-corrected chi connectivity index (χ1v) is 9.63. The molecule has 29 heavy (non-hydrogen) atoms. The SMILES string of the molecule is CC/C=C\C(CC)C(=O)Nc1cccc(NNc2ccc(NC(C)=O)cc2O)c1. The normalized spacial score (nSPS) is 11.7. The van der Waals surface area contributed by atoms with Crippen molar-refractivity contribution in [2.24, 2.45) is 5.92 Å². The van der Waals surface area contributed by atoms with Crippen molar-refractivity contribution < 1.29 is 14.7 Å². The van der Waals surface area contributed by atoms with Gasteiger partial charge in [-0.15, -0.1) is 0 Å². The maximum absolute atomic E-state index is 12.4. The average molecular weight is 396 g/mol. The van der Waals surface area contributed by atoms with E-state index in [1.54, 1.807) is 18.2 Å². The summed E-state index contributed by atoms with van der Waals surface area (Å²) in [5.41, 5.74) is 8.25. The molecule has 2 aromatic carbocycles. The number of benzene rings is 2. The van der Waals surface area contributed by atoms with Crippen molar-refractivity contribution in [1.29, 1.82) is 0 Å². The van der Waals surface area contributed by atoms with Crippen molar-refractivity contribution >= 4 is 34.6 Å². The number of phenols is 1. The molecule has 1 atom stereocenters. The summed E-state index contributed by atoms with van der Waals surface area (Å²) in [6.07, 6.45) is 5.56. The second-order valence-electron chi connectivity index (χ2n) is 6.58. The minimum absolute atomic E-state index is 0.0123. The van der Waals surface area contributed by atoms with Crippen LogP contribution in [0.15, 0.2) is 54.6 Å². The molecule has 1 unspecified atom stereocenters. The number of rotatable bonds is 9. The number of aromatic hydroxyl groups is 1. The number of carbonyl (C=O) groups excluding carboxylic acids is 2. The van der Waals surface area contributed by atoms with Crippen LogP contribution in [0.4, 0.5) is 22.7 Å². The van der Waals surface area contributed by atoms with Gasteiger partial charge in [-0.25, -0.2) is 0 Å². The first kappa shape index (κ1) is 21.8. The minimum Gasteiger partial charge on any atom is -0.506 e. The van der Waals surface area contributed by atoms with E-state index in [2.05, 4.69) is 21.5 Å². The number of hydrogen-bond acceptors (Lipinski definition) is 5. The van der Waals surface area contributed by atoms with Gasteiger partial charge in [-0.1, -0.05) is 32.1 Å². The summed E-state index contributed by atoms with van der Waals surface area (Å²) < 4.78 is 0. The first-order chi connectivity index (χ1) is 13.9. The van der Waals surface area contributed by atoms with Gasteiger partial charge in [0.2, 0.25) is 11.8 Å². The van der Waals surface area contributed by atoms with Crippen LogP contribution in [0, 0.1) is 5.92 Å². The predicted molar refractivity (Wildman–Crippen MR) is 118 cm³/mol. The molecule has 0 saturated heterocycles. The van der Waals surface area contributed by atoms with Gasteiger partial charge in [0.15, 0.2) is 0 Å². The van der Waals surface area contributed by atoms with Gasteiger partial charge in [0.25, 0.3) is 0 Å². The quantitative estimate of drug-likeness (QED) is 0.240. The Bertz CT molecular complexity index is 880. The Kier molecular flexibility index (Phi) is 8.09. The molecule has 0 spiro atoms. The molecular formula is C22H28N4O3. The highest BCUT2D eigenvalue weighted by Gasteiger charge is 2.13. The van der Waals surface area contributed by atoms with E-state index < -0.39 is 0 Å². The summed E-state index contributed by atoms with van der Waals surface area (Å²) in [4.78, 5) is 23.5. The van der Waals surface area contributed by atoms with E-state index in [1.807, 2.05) is 44.2 Å². The molecule has 2 rings (SSSR count). The van der Waals surface area contributed by atoms with Crippen LogP contribution in [-0.4, -0.2) is 16.9 Å². The minimum atomic E-state index is -0.211. The van der Waals surface area contributed by atoms with Crippen LogP contribution in [0.3, 0.4) is 0 Å². The molecule has 0 radical (unpaired) electrons. The molecule has 0 saturated carbocycles. The van der Waals surface area contributed by atoms with Crippen molar-refractivity contribution in [2.45, 2.75) is 33.6 Å². The maximum atomic E-state index is 12.4. The molecule has 0 aliphatic carbocycles. The fourth-order valence-corrected chi connectivity index (χ4v) is 2.68. The lowest BCUT2D eigenvalue weighted by Crippen LogP contribution is -2.20. The highest BCUT2D eigenvalue weighted by Crippen LogP contribution is 2.27. The molecule has 0 aliphatic heterocycles. The van der Waals surface area contributed by atoms with E-state index in [4.69, 9.17) is 0 Å². The summed E-state index contributed by atoms with van der Waals surface area (Å²) in [6, 6.07) is 12.0. The lowest BCUT2D eigenvalue weighted by molar-refractivity contribution is -0.118. The van der Waals surface area contributed by atoms with E-state index in [0.29, 0.717) is 22.7 Å². The van der Waals surface area contributed by atoms with E-state index in [0.717, 1.165) is 12.8 Å². The second-order valence-corrected chi connectivity index (χ2v) is 6.58. The average Bonchev–Trinajstić information content (AvgIpc) is 2.68. The zero-order valence-electron chi connectivity index (χ0n) is 17.0. The van der Waals surface area contributed by atoms with Crippen LogP contribution >= 0.6 is 0 Å². The van der Waals surface area contributed by atoms with Gasteiger partial charge < -0.3 is 21.2 Å². The molecule has 0 fully saturated rings. The van der Waals surface area contributed by atoms with Gasteiger partial charge in [0.05, 0.1) is 17.3 Å². The maximum Gasteiger partial charge on any atom is 0.231 e. The molecule has 2 aromatic rings. The Labute approximate surface area is 171 Å². The summed E-state index contributed by atoms with van der Waals surface area (Å²) >= 11 is 0. The largest absolute Gasteiger partial charge is 0.506 e. The van der Waals surface area contributed by atoms with Crippen molar-refractivity contribution in [1.82, 2.24) is 0 Å². The molecule has 0 aromatic heterocycles. The summed E-state index contributed by atoms with van der Waals surface area (Å²) in [6.45, 7) is 5.42. The molecule has 2 amide bonds. The van der Waals surface area contributed by atoms with E-state index in [9.17, 15) is 14.7 Å². The van der Waals surface area contributed by atoms with Crippen molar-refractivity contribution in [3.8, 4) is 5.75 Å². The van der Waals surface area contributed by atoms with Crippen LogP contribution in [0.5, 0.6) is 5.75 Å². The van der Waals surface area contributed by atoms with Gasteiger partial charge in [-0.05, 0) is 43.2 Å². The van der Waals surface area contributed by atoms with E-state index >= 15 is 0 Å². The van der Waals surface area contributed by atoms with Gasteiger partial charge in [0.1, 0.15) is 5.75 Å². The van der Waals surface area contributed by atoms with Crippen LogP contribution in [-0.2, 0) is 9.59 Å². The number of anilines is 4. The van der Waals surface area contributed by atoms with Crippen LogP contribution in [0.25, 0.3) is 0 Å².